The summed E-state index contributed by atoms with van der Waals surface area (Å²) in [7, 11) is -3.27. The zero-order valence-corrected chi connectivity index (χ0v) is 9.38. The minimum absolute atomic E-state index is 0.230. The van der Waals surface area contributed by atoms with Crippen LogP contribution in [0.1, 0.15) is 5.69 Å². The minimum Gasteiger partial charge on any atom is -0.396 e. The van der Waals surface area contributed by atoms with E-state index < -0.39 is 9.84 Å². The second kappa shape index (κ2) is 3.00. The molecule has 2 aromatic heterocycles. The lowest BCUT2D eigenvalue weighted by atomic mass is 10.4. The van der Waals surface area contributed by atoms with E-state index in [0.29, 0.717) is 11.4 Å². The highest BCUT2D eigenvalue weighted by atomic mass is 32.2. The highest BCUT2D eigenvalue weighted by Gasteiger charge is 2.20. The Bertz CT molecular complexity index is 587. The van der Waals surface area contributed by atoms with Crippen molar-refractivity contribution in [3.05, 3.63) is 30.1 Å². The van der Waals surface area contributed by atoms with E-state index in [4.69, 9.17) is 5.73 Å². The van der Waals surface area contributed by atoms with E-state index in [1.165, 1.54) is 6.26 Å². The van der Waals surface area contributed by atoms with Crippen molar-refractivity contribution in [2.75, 3.05) is 12.0 Å². The summed E-state index contributed by atoms with van der Waals surface area (Å²) in [5.74, 6) is 0. The van der Waals surface area contributed by atoms with Crippen LogP contribution in [0.15, 0.2) is 29.3 Å². The van der Waals surface area contributed by atoms with E-state index in [1.807, 2.05) is 12.1 Å². The SMILES string of the molecule is Cc1c(S(C)(=O)=O)c(N)c2ccccn12. The normalized spacial score (nSPS) is 12.1. The molecule has 2 aromatic rings. The summed E-state index contributed by atoms with van der Waals surface area (Å²) >= 11 is 0. The molecule has 0 aliphatic heterocycles. The molecule has 0 fully saturated rings. The van der Waals surface area contributed by atoms with Crippen molar-refractivity contribution in [2.45, 2.75) is 11.8 Å². The Morgan fingerprint density at radius 3 is 2.53 bits per heavy atom. The van der Waals surface area contributed by atoms with Gasteiger partial charge in [0.05, 0.1) is 11.2 Å². The zero-order chi connectivity index (χ0) is 11.2. The summed E-state index contributed by atoms with van der Waals surface area (Å²) in [6.07, 6.45) is 2.97. The molecule has 4 nitrogen and oxygen atoms in total. The first-order chi connectivity index (χ1) is 6.93. The first-order valence-electron chi connectivity index (χ1n) is 4.48. The molecule has 80 valence electrons. The molecular formula is C10H12N2O2S. The van der Waals surface area contributed by atoms with Gasteiger partial charge >= 0.3 is 0 Å². The van der Waals surface area contributed by atoms with E-state index in [2.05, 4.69) is 0 Å². The molecule has 0 atom stereocenters. The number of hydrogen-bond acceptors (Lipinski definition) is 3. The molecule has 0 amide bonds. The average Bonchev–Trinajstić information content (AvgIpc) is 2.39. The fourth-order valence-corrected chi connectivity index (χ4v) is 2.98. The minimum atomic E-state index is -3.27. The third kappa shape index (κ3) is 1.39. The van der Waals surface area contributed by atoms with Crippen LogP contribution in [0.4, 0.5) is 5.69 Å². The lowest BCUT2D eigenvalue weighted by Gasteiger charge is -1.97. The average molecular weight is 224 g/mol. The second-order valence-corrected chi connectivity index (χ2v) is 5.51. The van der Waals surface area contributed by atoms with Gasteiger partial charge in [0.1, 0.15) is 4.90 Å². The maximum Gasteiger partial charge on any atom is 0.179 e. The number of sulfone groups is 1. The van der Waals surface area contributed by atoms with Gasteiger partial charge in [-0.2, -0.15) is 0 Å². The third-order valence-electron chi connectivity index (χ3n) is 2.44. The molecule has 0 spiro atoms. The van der Waals surface area contributed by atoms with Gasteiger partial charge in [-0.3, -0.25) is 0 Å². The van der Waals surface area contributed by atoms with Gasteiger partial charge in [0.15, 0.2) is 9.84 Å². The fraction of sp³-hybridized carbons (Fsp3) is 0.200. The molecule has 0 bridgehead atoms. The Labute approximate surface area is 88.2 Å². The van der Waals surface area contributed by atoms with E-state index in [0.717, 1.165) is 5.52 Å². The topological polar surface area (TPSA) is 64.6 Å². The van der Waals surface area contributed by atoms with Gasteiger partial charge in [-0.05, 0) is 19.1 Å². The van der Waals surface area contributed by atoms with Crippen molar-refractivity contribution in [2.24, 2.45) is 0 Å². The highest BCUT2D eigenvalue weighted by Crippen LogP contribution is 2.29. The second-order valence-electron chi connectivity index (χ2n) is 3.56. The van der Waals surface area contributed by atoms with Crippen LogP contribution < -0.4 is 5.73 Å². The van der Waals surface area contributed by atoms with Crippen molar-refractivity contribution in [1.82, 2.24) is 4.40 Å². The molecule has 0 aliphatic rings. The Morgan fingerprint density at radius 1 is 1.33 bits per heavy atom. The first kappa shape index (κ1) is 10.0. The Hall–Kier alpha value is -1.49. The predicted molar refractivity (Wildman–Crippen MR) is 59.7 cm³/mol. The van der Waals surface area contributed by atoms with Crippen molar-refractivity contribution in [3.8, 4) is 0 Å². The number of anilines is 1. The standard InChI is InChI=1S/C10H12N2O2S/c1-7-10(15(2,13)14)9(11)8-5-3-4-6-12(7)8/h3-6H,11H2,1-2H3. The molecule has 15 heavy (non-hydrogen) atoms. The highest BCUT2D eigenvalue weighted by molar-refractivity contribution is 7.91. The Morgan fingerprint density at radius 2 is 2.00 bits per heavy atom. The van der Waals surface area contributed by atoms with Crippen molar-refractivity contribution in [1.29, 1.82) is 0 Å². The molecule has 0 aliphatic carbocycles. The smallest absolute Gasteiger partial charge is 0.179 e. The number of rotatable bonds is 1. The number of hydrogen-bond donors (Lipinski definition) is 1. The van der Waals surface area contributed by atoms with Gasteiger partial charge in [-0.15, -0.1) is 0 Å². The van der Waals surface area contributed by atoms with Crippen LogP contribution in [0, 0.1) is 6.92 Å². The number of nitrogens with zero attached hydrogens (tertiary/aromatic N) is 1. The summed E-state index contributed by atoms with van der Waals surface area (Å²) in [6.45, 7) is 1.75. The van der Waals surface area contributed by atoms with E-state index in [9.17, 15) is 8.42 Å². The van der Waals surface area contributed by atoms with Gasteiger partial charge in [-0.25, -0.2) is 8.42 Å². The van der Waals surface area contributed by atoms with Crippen molar-refractivity contribution in [3.63, 3.8) is 0 Å². The molecule has 0 aromatic carbocycles. The largest absolute Gasteiger partial charge is 0.396 e. The van der Waals surface area contributed by atoms with Gasteiger partial charge in [-0.1, -0.05) is 6.07 Å². The van der Waals surface area contributed by atoms with E-state index >= 15 is 0 Å². The molecule has 2 heterocycles. The Balaban J connectivity index is 3.00. The van der Waals surface area contributed by atoms with Crippen LogP contribution in [-0.4, -0.2) is 19.1 Å². The lowest BCUT2D eigenvalue weighted by Crippen LogP contribution is -2.01. The maximum atomic E-state index is 11.6. The van der Waals surface area contributed by atoms with E-state index in [1.54, 1.807) is 23.6 Å². The van der Waals surface area contributed by atoms with E-state index in [-0.39, 0.29) is 4.90 Å². The predicted octanol–water partition coefficient (Wildman–Crippen LogP) is 1.23. The zero-order valence-electron chi connectivity index (χ0n) is 8.56. The molecule has 0 saturated carbocycles. The van der Waals surface area contributed by atoms with Gasteiger partial charge < -0.3 is 10.1 Å². The summed E-state index contributed by atoms with van der Waals surface area (Å²) in [4.78, 5) is 0.230. The third-order valence-corrected chi connectivity index (χ3v) is 3.70. The summed E-state index contributed by atoms with van der Waals surface area (Å²) in [5, 5.41) is 0. The van der Waals surface area contributed by atoms with Crippen LogP contribution in [0.2, 0.25) is 0 Å². The molecule has 0 unspecified atom stereocenters. The van der Waals surface area contributed by atoms with Gasteiger partial charge in [0, 0.05) is 18.1 Å². The van der Waals surface area contributed by atoms with Crippen LogP contribution in [0.25, 0.3) is 5.52 Å². The molecule has 5 heteroatoms. The summed E-state index contributed by atoms with van der Waals surface area (Å²) in [6, 6.07) is 5.47. The lowest BCUT2D eigenvalue weighted by molar-refractivity contribution is 0.601. The number of pyridine rings is 1. The van der Waals surface area contributed by atoms with Gasteiger partial charge in [0.2, 0.25) is 0 Å². The van der Waals surface area contributed by atoms with Crippen LogP contribution >= 0.6 is 0 Å². The monoisotopic (exact) mass is 224 g/mol. The number of nitrogens with two attached hydrogens (primary N) is 1. The molecule has 0 saturated heterocycles. The molecule has 0 radical (unpaired) electrons. The Kier molecular flexibility index (Phi) is 2.01. The van der Waals surface area contributed by atoms with Crippen molar-refractivity contribution >= 4 is 21.0 Å². The maximum absolute atomic E-state index is 11.6. The fourth-order valence-electron chi connectivity index (χ4n) is 1.84. The number of aryl methyl sites for hydroxylation is 1. The number of fused-ring (bicyclic) bond motifs is 1. The first-order valence-corrected chi connectivity index (χ1v) is 6.37. The van der Waals surface area contributed by atoms with Crippen LogP contribution in [0.5, 0.6) is 0 Å². The summed E-state index contributed by atoms with van der Waals surface area (Å²) in [5.41, 5.74) is 7.55. The molecule has 2 rings (SSSR count). The number of aromatic nitrogens is 1. The van der Waals surface area contributed by atoms with Gasteiger partial charge in [0.25, 0.3) is 0 Å². The van der Waals surface area contributed by atoms with Crippen molar-refractivity contribution < 1.29 is 8.42 Å². The number of nitrogen functional groups attached to an aromatic ring is 1. The summed E-state index contributed by atoms with van der Waals surface area (Å²) < 4.78 is 24.9. The quantitative estimate of drug-likeness (QED) is 0.792. The van der Waals surface area contributed by atoms with Crippen LogP contribution in [0.3, 0.4) is 0 Å². The molecule has 2 N–H and O–H groups in total. The van der Waals surface area contributed by atoms with Crippen LogP contribution in [-0.2, 0) is 9.84 Å². The molecular weight excluding hydrogens is 212 g/mol.